The van der Waals surface area contributed by atoms with E-state index >= 15 is 0 Å². The maximum atomic E-state index is 12.7. The molecule has 3 N–H and O–H groups in total. The van der Waals surface area contributed by atoms with E-state index in [0.29, 0.717) is 22.9 Å². The monoisotopic (exact) mass is 394 g/mol. The number of phenolic OH excluding ortho intramolecular Hbond substituents is 2. The zero-order chi connectivity index (χ0) is 20.8. The van der Waals surface area contributed by atoms with Crippen molar-refractivity contribution in [1.82, 2.24) is 15.2 Å². The number of phenols is 2. The first-order valence-electron chi connectivity index (χ1n) is 9.36. The van der Waals surface area contributed by atoms with Gasteiger partial charge in [-0.15, -0.1) is 0 Å². The second-order valence-corrected chi connectivity index (χ2v) is 6.57. The lowest BCUT2D eigenvalue weighted by Gasteiger charge is -2.10. The van der Waals surface area contributed by atoms with Gasteiger partial charge in [0.1, 0.15) is 11.5 Å². The van der Waals surface area contributed by atoms with Crippen LogP contribution in [0.2, 0.25) is 0 Å². The number of aromatic hydroxyl groups is 2. The molecule has 8 nitrogen and oxygen atoms in total. The molecule has 1 heterocycles. The molecule has 0 saturated heterocycles. The number of aromatic nitrogens is 2. The Bertz CT molecular complexity index is 1120. The number of unbranched alkanes of at least 4 members (excludes halogenated alkanes) is 2. The molecule has 0 unspecified atom stereocenters. The number of rotatable bonds is 7. The average Bonchev–Trinajstić information content (AvgIpc) is 2.71. The lowest BCUT2D eigenvalue weighted by molar-refractivity contribution is 0.0949. The first kappa shape index (κ1) is 20.1. The minimum absolute atomic E-state index is 0.0790. The first-order chi connectivity index (χ1) is 14.0. The fourth-order valence-corrected chi connectivity index (χ4v) is 2.92. The van der Waals surface area contributed by atoms with Gasteiger partial charge in [-0.25, -0.2) is 10.1 Å². The van der Waals surface area contributed by atoms with Crippen LogP contribution in [-0.4, -0.2) is 32.1 Å². The van der Waals surface area contributed by atoms with E-state index in [4.69, 9.17) is 0 Å². The van der Waals surface area contributed by atoms with Gasteiger partial charge in [0.15, 0.2) is 5.69 Å². The summed E-state index contributed by atoms with van der Waals surface area (Å²) in [4.78, 5) is 25.3. The van der Waals surface area contributed by atoms with Crippen molar-refractivity contribution in [2.75, 3.05) is 0 Å². The molecule has 0 atom stereocenters. The Morgan fingerprint density at radius 1 is 1.17 bits per heavy atom. The number of aryl methyl sites for hydroxylation is 1. The Morgan fingerprint density at radius 2 is 1.93 bits per heavy atom. The van der Waals surface area contributed by atoms with E-state index in [0.717, 1.165) is 19.3 Å². The normalized spacial score (nSPS) is 11.2. The van der Waals surface area contributed by atoms with E-state index in [1.54, 1.807) is 24.3 Å². The number of fused-ring (bicyclic) bond motifs is 1. The Kier molecular flexibility index (Phi) is 6.23. The molecule has 8 heteroatoms. The Hall–Kier alpha value is -3.68. The molecular formula is C21H22N4O4. The molecule has 3 rings (SSSR count). The average molecular weight is 394 g/mol. The Labute approximate surface area is 167 Å². The molecule has 1 amide bonds. The summed E-state index contributed by atoms with van der Waals surface area (Å²) in [5.41, 5.74) is 2.57. The van der Waals surface area contributed by atoms with Crippen molar-refractivity contribution in [3.8, 4) is 11.5 Å². The summed E-state index contributed by atoms with van der Waals surface area (Å²) in [6.45, 7) is 2.50. The first-order valence-corrected chi connectivity index (χ1v) is 9.36. The predicted octanol–water partition coefficient (Wildman–Crippen LogP) is 2.76. The number of nitrogens with zero attached hydrogens (tertiary/aromatic N) is 3. The quantitative estimate of drug-likeness (QED) is 0.324. The molecule has 0 aliphatic heterocycles. The molecule has 2 aromatic carbocycles. The highest BCUT2D eigenvalue weighted by Crippen LogP contribution is 2.20. The van der Waals surface area contributed by atoms with Gasteiger partial charge in [-0.2, -0.15) is 10.2 Å². The second kappa shape index (κ2) is 9.01. The zero-order valence-corrected chi connectivity index (χ0v) is 16.0. The summed E-state index contributed by atoms with van der Waals surface area (Å²) in [5, 5.41) is 28.1. The Morgan fingerprint density at radius 3 is 2.66 bits per heavy atom. The van der Waals surface area contributed by atoms with Crippen molar-refractivity contribution in [1.29, 1.82) is 0 Å². The molecule has 0 radical (unpaired) electrons. The van der Waals surface area contributed by atoms with Gasteiger partial charge < -0.3 is 10.2 Å². The molecule has 29 heavy (non-hydrogen) atoms. The highest BCUT2D eigenvalue weighted by Gasteiger charge is 2.16. The third-order valence-electron chi connectivity index (χ3n) is 4.44. The maximum absolute atomic E-state index is 12.7. The summed E-state index contributed by atoms with van der Waals surface area (Å²) in [7, 11) is 0. The third kappa shape index (κ3) is 4.60. The van der Waals surface area contributed by atoms with Crippen molar-refractivity contribution in [3.05, 3.63) is 64.1 Å². The van der Waals surface area contributed by atoms with Gasteiger partial charge in [0.05, 0.1) is 11.6 Å². The van der Waals surface area contributed by atoms with E-state index in [-0.39, 0.29) is 22.8 Å². The van der Waals surface area contributed by atoms with Crippen LogP contribution in [0, 0.1) is 0 Å². The highest BCUT2D eigenvalue weighted by atomic mass is 16.3. The van der Waals surface area contributed by atoms with Crippen molar-refractivity contribution in [2.45, 2.75) is 32.7 Å². The molecule has 3 aromatic rings. The van der Waals surface area contributed by atoms with Gasteiger partial charge in [0.25, 0.3) is 11.5 Å². The summed E-state index contributed by atoms with van der Waals surface area (Å²) < 4.78 is 1.32. The largest absolute Gasteiger partial charge is 0.508 e. The fourth-order valence-electron chi connectivity index (χ4n) is 2.92. The molecule has 0 spiro atoms. The number of hydrogen-bond acceptors (Lipinski definition) is 6. The van der Waals surface area contributed by atoms with E-state index in [1.165, 1.54) is 29.1 Å². The van der Waals surface area contributed by atoms with Crippen molar-refractivity contribution in [3.63, 3.8) is 0 Å². The highest BCUT2D eigenvalue weighted by molar-refractivity contribution is 6.05. The minimum atomic E-state index is -0.569. The van der Waals surface area contributed by atoms with Crippen molar-refractivity contribution < 1.29 is 15.0 Å². The van der Waals surface area contributed by atoms with Crippen LogP contribution in [0.25, 0.3) is 10.8 Å². The van der Waals surface area contributed by atoms with Crippen LogP contribution < -0.4 is 11.0 Å². The van der Waals surface area contributed by atoms with Crippen LogP contribution in [0.3, 0.4) is 0 Å². The van der Waals surface area contributed by atoms with Gasteiger partial charge in [0, 0.05) is 23.6 Å². The van der Waals surface area contributed by atoms with Crippen LogP contribution >= 0.6 is 0 Å². The topological polar surface area (TPSA) is 117 Å². The molecular weight excluding hydrogens is 372 g/mol. The summed E-state index contributed by atoms with van der Waals surface area (Å²) >= 11 is 0. The van der Waals surface area contributed by atoms with Crippen LogP contribution in [0.1, 0.15) is 42.2 Å². The van der Waals surface area contributed by atoms with Gasteiger partial charge in [0.2, 0.25) is 0 Å². The van der Waals surface area contributed by atoms with Crippen LogP contribution in [0.4, 0.5) is 0 Å². The minimum Gasteiger partial charge on any atom is -0.508 e. The van der Waals surface area contributed by atoms with Crippen LogP contribution in [-0.2, 0) is 6.54 Å². The van der Waals surface area contributed by atoms with E-state index in [9.17, 15) is 19.8 Å². The number of benzene rings is 2. The molecule has 0 saturated carbocycles. The second-order valence-electron chi connectivity index (χ2n) is 6.57. The maximum Gasteiger partial charge on any atom is 0.292 e. The molecule has 150 valence electrons. The molecule has 0 fully saturated rings. The number of nitrogens with one attached hydrogen (secondary N) is 1. The number of hydrazone groups is 1. The van der Waals surface area contributed by atoms with Gasteiger partial charge in [-0.3, -0.25) is 9.59 Å². The zero-order valence-electron chi connectivity index (χ0n) is 16.0. The molecule has 0 aliphatic rings. The molecule has 0 aliphatic carbocycles. The van der Waals surface area contributed by atoms with Crippen LogP contribution in [0.15, 0.2) is 52.4 Å². The van der Waals surface area contributed by atoms with Crippen LogP contribution in [0.5, 0.6) is 11.5 Å². The summed E-state index contributed by atoms with van der Waals surface area (Å²) in [6, 6.07) is 10.8. The lowest BCUT2D eigenvalue weighted by atomic mass is 10.1. The number of amides is 1. The predicted molar refractivity (Wildman–Crippen MR) is 110 cm³/mol. The number of hydrogen-bond donors (Lipinski definition) is 3. The fraction of sp³-hybridized carbons (Fsp3) is 0.238. The number of carbonyl (C=O) groups is 1. The summed E-state index contributed by atoms with van der Waals surface area (Å²) in [5.74, 6) is -0.819. The van der Waals surface area contributed by atoms with E-state index < -0.39 is 5.91 Å². The Balaban J connectivity index is 1.89. The SMILES string of the molecule is CCCCCn1nc(C(=O)N/N=C/c2ccc(O)cc2O)c2ccccc2c1=O. The molecule has 1 aromatic heterocycles. The van der Waals surface area contributed by atoms with Gasteiger partial charge in [-0.05, 0) is 24.6 Å². The van der Waals surface area contributed by atoms with E-state index in [2.05, 4.69) is 22.5 Å². The van der Waals surface area contributed by atoms with Crippen molar-refractivity contribution >= 4 is 22.9 Å². The third-order valence-corrected chi connectivity index (χ3v) is 4.44. The standard InChI is InChI=1S/C21H22N4O4/c1-2-3-6-11-25-21(29)17-8-5-4-7-16(17)19(24-25)20(28)23-22-13-14-9-10-15(26)12-18(14)27/h4-5,7-10,12-13,26-27H,2-3,6,11H2,1H3,(H,23,28)/b22-13+. The van der Waals surface area contributed by atoms with Gasteiger partial charge >= 0.3 is 0 Å². The van der Waals surface area contributed by atoms with Gasteiger partial charge in [-0.1, -0.05) is 38.0 Å². The lowest BCUT2D eigenvalue weighted by Crippen LogP contribution is -2.29. The smallest absolute Gasteiger partial charge is 0.292 e. The summed E-state index contributed by atoms with van der Waals surface area (Å²) in [6.07, 6.45) is 4.02. The van der Waals surface area contributed by atoms with Crippen molar-refractivity contribution in [2.24, 2.45) is 5.10 Å². The van der Waals surface area contributed by atoms with E-state index in [1.807, 2.05) is 0 Å². The molecule has 0 bridgehead atoms. The number of carbonyl (C=O) groups excluding carboxylic acids is 1.